The first-order valence-corrected chi connectivity index (χ1v) is 6.77. The Bertz CT molecular complexity index is 491. The second-order valence-corrected chi connectivity index (χ2v) is 5.02. The molecule has 0 bridgehead atoms. The Balaban J connectivity index is 1.83. The number of nitrogens with one attached hydrogen (secondary N) is 1. The van der Waals surface area contributed by atoms with Gasteiger partial charge >= 0.3 is 0 Å². The van der Waals surface area contributed by atoms with Crippen molar-refractivity contribution in [1.82, 2.24) is 5.32 Å². The van der Waals surface area contributed by atoms with E-state index in [4.69, 9.17) is 5.73 Å². The van der Waals surface area contributed by atoms with Crippen molar-refractivity contribution in [2.75, 3.05) is 6.54 Å². The van der Waals surface area contributed by atoms with Gasteiger partial charge in [-0.3, -0.25) is 4.79 Å². The molecule has 0 aliphatic carbocycles. The largest absolute Gasteiger partial charge is 0.352 e. The number of rotatable bonds is 5. The zero-order valence-electron chi connectivity index (χ0n) is 10.1. The average molecular weight is 260 g/mol. The molecule has 0 fully saturated rings. The Labute approximate surface area is 111 Å². The van der Waals surface area contributed by atoms with Gasteiger partial charge in [0.1, 0.15) is 0 Å². The van der Waals surface area contributed by atoms with Crippen LogP contribution in [0.25, 0.3) is 0 Å². The zero-order chi connectivity index (χ0) is 12.8. The quantitative estimate of drug-likeness (QED) is 0.865. The summed E-state index contributed by atoms with van der Waals surface area (Å²) in [5, 5.41) is 4.96. The van der Waals surface area contributed by atoms with Gasteiger partial charge in [-0.05, 0) is 35.6 Å². The minimum atomic E-state index is -0.0323. The van der Waals surface area contributed by atoms with E-state index in [1.165, 1.54) is 4.88 Å². The molecule has 0 aliphatic heterocycles. The average Bonchev–Trinajstić information content (AvgIpc) is 2.92. The third kappa shape index (κ3) is 3.42. The molecule has 2 aromatic rings. The highest BCUT2D eigenvalue weighted by molar-refractivity contribution is 7.09. The Morgan fingerprint density at radius 2 is 2.00 bits per heavy atom. The van der Waals surface area contributed by atoms with E-state index in [-0.39, 0.29) is 5.91 Å². The van der Waals surface area contributed by atoms with Crippen LogP contribution in [0.1, 0.15) is 20.8 Å². The molecule has 4 heteroatoms. The van der Waals surface area contributed by atoms with Crippen molar-refractivity contribution in [2.45, 2.75) is 13.0 Å². The topological polar surface area (TPSA) is 55.1 Å². The van der Waals surface area contributed by atoms with Gasteiger partial charge in [-0.1, -0.05) is 18.2 Å². The molecule has 0 aliphatic rings. The number of carbonyl (C=O) groups is 1. The van der Waals surface area contributed by atoms with Gasteiger partial charge < -0.3 is 11.1 Å². The standard InChI is InChI=1S/C14H16N2OS/c15-10-11-3-5-12(6-4-11)14(17)16-8-7-13-2-1-9-18-13/h1-6,9H,7-8,10,15H2,(H,16,17). The summed E-state index contributed by atoms with van der Waals surface area (Å²) < 4.78 is 0. The van der Waals surface area contributed by atoms with Crippen LogP contribution in [0.2, 0.25) is 0 Å². The molecule has 94 valence electrons. The molecule has 18 heavy (non-hydrogen) atoms. The zero-order valence-corrected chi connectivity index (χ0v) is 10.9. The van der Waals surface area contributed by atoms with Crippen molar-refractivity contribution in [3.8, 4) is 0 Å². The van der Waals surface area contributed by atoms with E-state index in [0.717, 1.165) is 12.0 Å². The van der Waals surface area contributed by atoms with E-state index in [1.54, 1.807) is 11.3 Å². The second kappa shape index (κ2) is 6.33. The summed E-state index contributed by atoms with van der Waals surface area (Å²) in [7, 11) is 0. The SMILES string of the molecule is NCc1ccc(C(=O)NCCc2cccs2)cc1. The molecule has 1 heterocycles. The lowest BCUT2D eigenvalue weighted by molar-refractivity contribution is 0.0954. The summed E-state index contributed by atoms with van der Waals surface area (Å²) in [5.41, 5.74) is 7.22. The second-order valence-electron chi connectivity index (χ2n) is 3.99. The number of carbonyl (C=O) groups excluding carboxylic acids is 1. The summed E-state index contributed by atoms with van der Waals surface area (Å²) in [6.07, 6.45) is 0.879. The molecular formula is C14H16N2OS. The van der Waals surface area contributed by atoms with Crippen molar-refractivity contribution >= 4 is 17.2 Å². The van der Waals surface area contributed by atoms with Gasteiger partial charge in [-0.25, -0.2) is 0 Å². The van der Waals surface area contributed by atoms with Crippen molar-refractivity contribution in [3.63, 3.8) is 0 Å². The lowest BCUT2D eigenvalue weighted by atomic mass is 10.1. The normalized spacial score (nSPS) is 10.3. The predicted molar refractivity (Wildman–Crippen MR) is 74.7 cm³/mol. The molecular weight excluding hydrogens is 244 g/mol. The van der Waals surface area contributed by atoms with Crippen LogP contribution in [-0.2, 0) is 13.0 Å². The third-order valence-corrected chi connectivity index (χ3v) is 3.63. The molecule has 0 unspecified atom stereocenters. The van der Waals surface area contributed by atoms with Crippen LogP contribution in [0.4, 0.5) is 0 Å². The molecule has 2 rings (SSSR count). The highest BCUT2D eigenvalue weighted by Gasteiger charge is 2.04. The van der Waals surface area contributed by atoms with Crippen LogP contribution in [0, 0.1) is 0 Å². The summed E-state index contributed by atoms with van der Waals surface area (Å²) in [4.78, 5) is 13.1. The fourth-order valence-electron chi connectivity index (χ4n) is 1.65. The lowest BCUT2D eigenvalue weighted by Crippen LogP contribution is -2.25. The van der Waals surface area contributed by atoms with Gasteiger partial charge in [-0.2, -0.15) is 0 Å². The maximum atomic E-state index is 11.8. The molecule has 1 aromatic carbocycles. The molecule has 0 radical (unpaired) electrons. The summed E-state index contributed by atoms with van der Waals surface area (Å²) in [5.74, 6) is -0.0323. The number of hydrogen-bond donors (Lipinski definition) is 2. The fourth-order valence-corrected chi connectivity index (χ4v) is 2.36. The smallest absolute Gasteiger partial charge is 0.251 e. The van der Waals surface area contributed by atoms with Crippen LogP contribution in [0.5, 0.6) is 0 Å². The Kier molecular flexibility index (Phi) is 4.50. The molecule has 1 aromatic heterocycles. The molecule has 0 spiro atoms. The molecule has 3 nitrogen and oxygen atoms in total. The van der Waals surface area contributed by atoms with Crippen molar-refractivity contribution in [3.05, 3.63) is 57.8 Å². The first kappa shape index (κ1) is 12.8. The minimum Gasteiger partial charge on any atom is -0.352 e. The number of benzene rings is 1. The maximum Gasteiger partial charge on any atom is 0.251 e. The summed E-state index contributed by atoms with van der Waals surface area (Å²) in [6, 6.07) is 11.5. The Morgan fingerprint density at radius 1 is 1.22 bits per heavy atom. The third-order valence-electron chi connectivity index (χ3n) is 2.69. The van der Waals surface area contributed by atoms with Gasteiger partial charge in [0, 0.05) is 23.5 Å². The van der Waals surface area contributed by atoms with E-state index in [1.807, 2.05) is 35.7 Å². The van der Waals surface area contributed by atoms with Gasteiger partial charge in [0.05, 0.1) is 0 Å². The number of hydrogen-bond acceptors (Lipinski definition) is 3. The van der Waals surface area contributed by atoms with Crippen molar-refractivity contribution in [2.24, 2.45) is 5.73 Å². The maximum absolute atomic E-state index is 11.8. The van der Waals surface area contributed by atoms with Gasteiger partial charge in [0.15, 0.2) is 0 Å². The van der Waals surface area contributed by atoms with Gasteiger partial charge in [-0.15, -0.1) is 11.3 Å². The minimum absolute atomic E-state index is 0.0323. The van der Waals surface area contributed by atoms with E-state index >= 15 is 0 Å². The van der Waals surface area contributed by atoms with Gasteiger partial charge in [0.25, 0.3) is 5.91 Å². The fraction of sp³-hybridized carbons (Fsp3) is 0.214. The summed E-state index contributed by atoms with van der Waals surface area (Å²) in [6.45, 7) is 1.16. The number of amides is 1. The first-order valence-electron chi connectivity index (χ1n) is 5.89. The lowest BCUT2D eigenvalue weighted by Gasteiger charge is -2.05. The monoisotopic (exact) mass is 260 g/mol. The molecule has 1 amide bonds. The van der Waals surface area contributed by atoms with E-state index in [2.05, 4.69) is 11.4 Å². The molecule has 0 saturated carbocycles. The molecule has 3 N–H and O–H groups in total. The van der Waals surface area contributed by atoms with E-state index < -0.39 is 0 Å². The Morgan fingerprint density at radius 3 is 2.61 bits per heavy atom. The highest BCUT2D eigenvalue weighted by atomic mass is 32.1. The highest BCUT2D eigenvalue weighted by Crippen LogP contribution is 2.08. The molecule has 0 saturated heterocycles. The van der Waals surface area contributed by atoms with Crippen LogP contribution in [0.3, 0.4) is 0 Å². The van der Waals surface area contributed by atoms with Crippen LogP contribution >= 0.6 is 11.3 Å². The summed E-state index contributed by atoms with van der Waals surface area (Å²) >= 11 is 1.71. The van der Waals surface area contributed by atoms with Crippen LogP contribution in [0.15, 0.2) is 41.8 Å². The number of nitrogens with two attached hydrogens (primary N) is 1. The van der Waals surface area contributed by atoms with E-state index in [0.29, 0.717) is 18.7 Å². The Hall–Kier alpha value is -1.65. The first-order chi connectivity index (χ1) is 8.79. The van der Waals surface area contributed by atoms with E-state index in [9.17, 15) is 4.79 Å². The van der Waals surface area contributed by atoms with Crippen molar-refractivity contribution < 1.29 is 4.79 Å². The molecule has 0 atom stereocenters. The van der Waals surface area contributed by atoms with Crippen molar-refractivity contribution in [1.29, 1.82) is 0 Å². The predicted octanol–water partition coefficient (Wildman–Crippen LogP) is 2.18. The van der Waals surface area contributed by atoms with Crippen LogP contribution in [-0.4, -0.2) is 12.5 Å². The van der Waals surface area contributed by atoms with Crippen LogP contribution < -0.4 is 11.1 Å². The van der Waals surface area contributed by atoms with Gasteiger partial charge in [0.2, 0.25) is 0 Å². The number of thiophene rings is 1.